The van der Waals surface area contributed by atoms with Gasteiger partial charge in [-0.05, 0) is 71.0 Å². The second kappa shape index (κ2) is 8.65. The van der Waals surface area contributed by atoms with Gasteiger partial charge in [-0.2, -0.15) is 0 Å². The number of nitrogens with zero attached hydrogens (tertiary/aromatic N) is 2. The van der Waals surface area contributed by atoms with Gasteiger partial charge in [0.2, 0.25) is 0 Å². The summed E-state index contributed by atoms with van der Waals surface area (Å²) < 4.78 is 6.08. The third-order valence-electron chi connectivity index (χ3n) is 5.79. The first kappa shape index (κ1) is 18.2. The van der Waals surface area contributed by atoms with E-state index in [0.717, 1.165) is 24.3 Å². The van der Waals surface area contributed by atoms with Crippen molar-refractivity contribution >= 4 is 0 Å². The van der Waals surface area contributed by atoms with Crippen molar-refractivity contribution in [3.63, 3.8) is 0 Å². The van der Waals surface area contributed by atoms with Gasteiger partial charge in [-0.15, -0.1) is 0 Å². The molecule has 2 saturated heterocycles. The molecule has 0 bridgehead atoms. The van der Waals surface area contributed by atoms with Crippen molar-refractivity contribution < 1.29 is 4.74 Å². The second-order valence-corrected chi connectivity index (χ2v) is 8.07. The first-order valence-corrected chi connectivity index (χ1v) is 9.56. The smallest absolute Gasteiger partial charge is 0.0705 e. The van der Waals surface area contributed by atoms with Crippen LogP contribution >= 0.6 is 0 Å². The maximum atomic E-state index is 6.08. The monoisotopic (exact) mass is 310 g/mol. The van der Waals surface area contributed by atoms with E-state index in [4.69, 9.17) is 4.74 Å². The highest BCUT2D eigenvalue weighted by Crippen LogP contribution is 2.32. The van der Waals surface area contributed by atoms with Crippen LogP contribution in [0, 0.1) is 17.8 Å². The summed E-state index contributed by atoms with van der Waals surface area (Å²) in [5, 5.41) is 0. The van der Waals surface area contributed by atoms with E-state index in [1.165, 1.54) is 51.9 Å². The number of hydrogen-bond acceptors (Lipinski definition) is 3. The SMILES string of the molecule is CCC(C)C1CCN(C)CC1CN1CCCC(OC(C)C)C1. The summed E-state index contributed by atoms with van der Waals surface area (Å²) in [5.41, 5.74) is 0. The summed E-state index contributed by atoms with van der Waals surface area (Å²) in [6.45, 7) is 15.4. The maximum Gasteiger partial charge on any atom is 0.0705 e. The van der Waals surface area contributed by atoms with Crippen LogP contribution in [-0.2, 0) is 4.74 Å². The van der Waals surface area contributed by atoms with E-state index < -0.39 is 0 Å². The molecule has 2 rings (SSSR count). The highest BCUT2D eigenvalue weighted by molar-refractivity contribution is 4.85. The molecule has 0 aromatic rings. The predicted molar refractivity (Wildman–Crippen MR) is 94.2 cm³/mol. The van der Waals surface area contributed by atoms with Crippen molar-refractivity contribution in [3.8, 4) is 0 Å². The Morgan fingerprint density at radius 2 is 1.86 bits per heavy atom. The minimum atomic E-state index is 0.360. The van der Waals surface area contributed by atoms with Crippen molar-refractivity contribution in [1.29, 1.82) is 0 Å². The first-order chi connectivity index (χ1) is 10.5. The Bertz CT molecular complexity index is 321. The molecule has 0 aromatic carbocycles. The number of ether oxygens (including phenoxy) is 1. The maximum absolute atomic E-state index is 6.08. The van der Waals surface area contributed by atoms with Crippen LogP contribution in [-0.4, -0.2) is 61.8 Å². The highest BCUT2D eigenvalue weighted by Gasteiger charge is 2.33. The average molecular weight is 311 g/mol. The zero-order valence-electron chi connectivity index (χ0n) is 15.6. The van der Waals surface area contributed by atoms with E-state index in [0.29, 0.717) is 12.2 Å². The number of piperidine rings is 2. The molecule has 0 spiro atoms. The summed E-state index contributed by atoms with van der Waals surface area (Å²) in [5.74, 6) is 2.62. The van der Waals surface area contributed by atoms with Crippen LogP contribution in [0.15, 0.2) is 0 Å². The van der Waals surface area contributed by atoms with Crippen LogP contribution in [0.5, 0.6) is 0 Å². The van der Waals surface area contributed by atoms with E-state index >= 15 is 0 Å². The van der Waals surface area contributed by atoms with E-state index in [9.17, 15) is 0 Å². The van der Waals surface area contributed by atoms with Gasteiger partial charge in [0, 0.05) is 19.6 Å². The molecule has 4 unspecified atom stereocenters. The third kappa shape index (κ3) is 5.21. The lowest BCUT2D eigenvalue weighted by atomic mass is 9.76. The number of likely N-dealkylation sites (tertiary alicyclic amines) is 2. The molecule has 0 radical (unpaired) electrons. The molecule has 3 nitrogen and oxygen atoms in total. The molecule has 3 heteroatoms. The zero-order valence-corrected chi connectivity index (χ0v) is 15.6. The minimum Gasteiger partial charge on any atom is -0.374 e. The molecule has 0 N–H and O–H groups in total. The first-order valence-electron chi connectivity index (χ1n) is 9.56. The van der Waals surface area contributed by atoms with Gasteiger partial charge < -0.3 is 14.5 Å². The lowest BCUT2D eigenvalue weighted by molar-refractivity contribution is -0.0415. The molecule has 2 aliphatic rings. The summed E-state index contributed by atoms with van der Waals surface area (Å²) in [6.07, 6.45) is 6.07. The quantitative estimate of drug-likeness (QED) is 0.747. The molecule has 0 aromatic heterocycles. The topological polar surface area (TPSA) is 15.7 Å². The second-order valence-electron chi connectivity index (χ2n) is 8.07. The van der Waals surface area contributed by atoms with Gasteiger partial charge in [0.1, 0.15) is 0 Å². The van der Waals surface area contributed by atoms with Crippen molar-refractivity contribution in [1.82, 2.24) is 9.80 Å². The zero-order chi connectivity index (χ0) is 16.1. The lowest BCUT2D eigenvalue weighted by Gasteiger charge is -2.43. The fraction of sp³-hybridized carbons (Fsp3) is 1.00. The van der Waals surface area contributed by atoms with Crippen molar-refractivity contribution in [2.24, 2.45) is 17.8 Å². The molecule has 2 aliphatic heterocycles. The molecule has 2 fully saturated rings. The Morgan fingerprint density at radius 1 is 1.09 bits per heavy atom. The van der Waals surface area contributed by atoms with Crippen molar-refractivity contribution in [2.75, 3.05) is 39.8 Å². The lowest BCUT2D eigenvalue weighted by Crippen LogP contribution is -2.49. The molecule has 0 aliphatic carbocycles. The van der Waals surface area contributed by atoms with E-state index in [1.54, 1.807) is 0 Å². The van der Waals surface area contributed by atoms with Crippen LogP contribution in [0.25, 0.3) is 0 Å². The van der Waals surface area contributed by atoms with Gasteiger partial charge in [-0.3, -0.25) is 0 Å². The fourth-order valence-corrected chi connectivity index (χ4v) is 4.48. The summed E-state index contributed by atoms with van der Waals surface area (Å²) in [4.78, 5) is 5.23. The van der Waals surface area contributed by atoms with E-state index in [1.807, 2.05) is 0 Å². The molecular weight excluding hydrogens is 272 g/mol. The Balaban J connectivity index is 1.91. The number of rotatable bonds is 6. The Labute approximate surface area is 138 Å². The van der Waals surface area contributed by atoms with Crippen LogP contribution in [0.4, 0.5) is 0 Å². The Kier molecular flexibility index (Phi) is 7.17. The summed E-state index contributed by atoms with van der Waals surface area (Å²) in [7, 11) is 2.29. The van der Waals surface area contributed by atoms with Gasteiger partial charge in [-0.1, -0.05) is 20.3 Å². The highest BCUT2D eigenvalue weighted by atomic mass is 16.5. The number of hydrogen-bond donors (Lipinski definition) is 0. The van der Waals surface area contributed by atoms with Crippen LogP contribution < -0.4 is 0 Å². The normalized spacial score (nSPS) is 33.3. The van der Waals surface area contributed by atoms with Crippen LogP contribution in [0.1, 0.15) is 53.4 Å². The van der Waals surface area contributed by atoms with Crippen molar-refractivity contribution in [2.45, 2.75) is 65.6 Å². The van der Waals surface area contributed by atoms with Crippen molar-refractivity contribution in [3.05, 3.63) is 0 Å². The molecule has 22 heavy (non-hydrogen) atoms. The van der Waals surface area contributed by atoms with Gasteiger partial charge in [0.05, 0.1) is 12.2 Å². The average Bonchev–Trinajstić information content (AvgIpc) is 2.46. The van der Waals surface area contributed by atoms with Gasteiger partial charge in [-0.25, -0.2) is 0 Å². The van der Waals surface area contributed by atoms with Crippen LogP contribution in [0.3, 0.4) is 0 Å². The molecule has 0 amide bonds. The van der Waals surface area contributed by atoms with Gasteiger partial charge in [0.25, 0.3) is 0 Å². The Morgan fingerprint density at radius 3 is 2.55 bits per heavy atom. The largest absolute Gasteiger partial charge is 0.374 e. The van der Waals surface area contributed by atoms with Gasteiger partial charge in [0.15, 0.2) is 0 Å². The summed E-state index contributed by atoms with van der Waals surface area (Å²) >= 11 is 0. The molecule has 2 heterocycles. The van der Waals surface area contributed by atoms with Gasteiger partial charge >= 0.3 is 0 Å². The minimum absolute atomic E-state index is 0.360. The fourth-order valence-electron chi connectivity index (χ4n) is 4.48. The predicted octanol–water partition coefficient (Wildman–Crippen LogP) is 3.49. The van der Waals surface area contributed by atoms with Crippen LogP contribution in [0.2, 0.25) is 0 Å². The molecule has 0 saturated carbocycles. The molecular formula is C19H38N2O. The Hall–Kier alpha value is -0.120. The molecule has 4 atom stereocenters. The van der Waals surface area contributed by atoms with E-state index in [2.05, 4.69) is 44.5 Å². The molecule has 130 valence electrons. The summed E-state index contributed by atoms with van der Waals surface area (Å²) in [6, 6.07) is 0. The van der Waals surface area contributed by atoms with E-state index in [-0.39, 0.29) is 0 Å². The third-order valence-corrected chi connectivity index (χ3v) is 5.79. The standard InChI is InChI=1S/C19H38N2O/c1-6-16(4)19-9-11-20(5)12-17(19)13-21-10-7-8-18(14-21)22-15(2)3/h15-19H,6-14H2,1-5H3.